The molecule has 20 heavy (non-hydrogen) atoms. The highest BCUT2D eigenvalue weighted by Crippen LogP contribution is 2.13. The lowest BCUT2D eigenvalue weighted by atomic mass is 10.1. The van der Waals surface area contributed by atoms with Crippen molar-refractivity contribution in [3.63, 3.8) is 0 Å². The monoisotopic (exact) mass is 279 g/mol. The third kappa shape index (κ3) is 6.19. The Morgan fingerprint density at radius 3 is 2.75 bits per heavy atom. The van der Waals surface area contributed by atoms with Crippen molar-refractivity contribution in [3.8, 4) is 5.75 Å². The zero-order valence-corrected chi connectivity index (χ0v) is 11.6. The fraction of sp³-hybridized carbons (Fsp3) is 0.429. The van der Waals surface area contributed by atoms with Crippen LogP contribution in [0.5, 0.6) is 5.75 Å². The van der Waals surface area contributed by atoms with Gasteiger partial charge in [0.1, 0.15) is 5.75 Å². The van der Waals surface area contributed by atoms with E-state index in [-0.39, 0.29) is 24.9 Å². The Morgan fingerprint density at radius 1 is 1.25 bits per heavy atom. The lowest BCUT2D eigenvalue weighted by Crippen LogP contribution is -2.39. The molecule has 6 nitrogen and oxygen atoms in total. The molecule has 6 heteroatoms. The zero-order valence-electron chi connectivity index (χ0n) is 11.6. The lowest BCUT2D eigenvalue weighted by Gasteiger charge is -2.07. The van der Waals surface area contributed by atoms with Crippen molar-refractivity contribution >= 4 is 11.8 Å². The standard InChI is InChI=1S/C14H21N3O3/c1-20-12-6-2-4-11(8-12)5-3-7-16-14(19)10-17-13(18)9-15/h2,4,6,8H,3,5,7,9-10,15H2,1H3,(H,16,19)(H,17,18). The van der Waals surface area contributed by atoms with E-state index in [1.165, 1.54) is 0 Å². The zero-order chi connectivity index (χ0) is 14.8. The van der Waals surface area contributed by atoms with Gasteiger partial charge in [0.05, 0.1) is 20.2 Å². The molecule has 1 rings (SSSR count). The number of nitrogens with one attached hydrogen (secondary N) is 2. The van der Waals surface area contributed by atoms with E-state index in [0.29, 0.717) is 6.54 Å². The Hall–Kier alpha value is -2.08. The molecular formula is C14H21N3O3. The summed E-state index contributed by atoms with van der Waals surface area (Å²) < 4.78 is 5.14. The molecule has 0 aliphatic heterocycles. The van der Waals surface area contributed by atoms with Gasteiger partial charge in [-0.2, -0.15) is 0 Å². The maximum absolute atomic E-state index is 11.4. The largest absolute Gasteiger partial charge is 0.497 e. The summed E-state index contributed by atoms with van der Waals surface area (Å²) in [5.41, 5.74) is 6.28. The number of rotatable bonds is 8. The summed E-state index contributed by atoms with van der Waals surface area (Å²) in [7, 11) is 1.63. The van der Waals surface area contributed by atoms with Gasteiger partial charge in [-0.1, -0.05) is 12.1 Å². The number of benzene rings is 1. The fourth-order valence-corrected chi connectivity index (χ4v) is 1.66. The first kappa shape index (κ1) is 16.0. The van der Waals surface area contributed by atoms with Crippen LogP contribution < -0.4 is 21.1 Å². The molecule has 0 saturated heterocycles. The number of carbonyl (C=O) groups is 2. The first-order chi connectivity index (χ1) is 9.65. The molecule has 1 aromatic rings. The molecule has 2 amide bonds. The molecule has 0 aliphatic carbocycles. The summed E-state index contributed by atoms with van der Waals surface area (Å²) in [6, 6.07) is 7.83. The number of nitrogens with two attached hydrogens (primary N) is 1. The van der Waals surface area contributed by atoms with Crippen LogP contribution in [0.1, 0.15) is 12.0 Å². The summed E-state index contributed by atoms with van der Waals surface area (Å²) in [4.78, 5) is 22.3. The van der Waals surface area contributed by atoms with Gasteiger partial charge in [-0.3, -0.25) is 9.59 Å². The predicted molar refractivity (Wildman–Crippen MR) is 76.4 cm³/mol. The first-order valence-corrected chi connectivity index (χ1v) is 6.52. The van der Waals surface area contributed by atoms with Crippen molar-refractivity contribution in [1.82, 2.24) is 10.6 Å². The van der Waals surface area contributed by atoms with Crippen LogP contribution in [-0.4, -0.2) is 38.6 Å². The van der Waals surface area contributed by atoms with Gasteiger partial charge in [-0.15, -0.1) is 0 Å². The van der Waals surface area contributed by atoms with Gasteiger partial charge in [-0.25, -0.2) is 0 Å². The van der Waals surface area contributed by atoms with Gasteiger partial charge in [-0.05, 0) is 30.5 Å². The van der Waals surface area contributed by atoms with Crippen molar-refractivity contribution in [2.45, 2.75) is 12.8 Å². The van der Waals surface area contributed by atoms with Gasteiger partial charge in [0.2, 0.25) is 11.8 Å². The molecule has 1 aromatic carbocycles. The molecule has 0 unspecified atom stereocenters. The summed E-state index contributed by atoms with van der Waals surface area (Å²) >= 11 is 0. The average molecular weight is 279 g/mol. The molecular weight excluding hydrogens is 258 g/mol. The van der Waals surface area contributed by atoms with Crippen molar-refractivity contribution in [2.24, 2.45) is 5.73 Å². The molecule has 0 aromatic heterocycles. The average Bonchev–Trinajstić information content (AvgIpc) is 2.49. The highest BCUT2D eigenvalue weighted by Gasteiger charge is 2.03. The minimum absolute atomic E-state index is 0.0325. The number of hydrogen-bond acceptors (Lipinski definition) is 4. The van der Waals surface area contributed by atoms with Crippen LogP contribution >= 0.6 is 0 Å². The third-order valence-corrected chi connectivity index (χ3v) is 2.73. The Labute approximate surface area is 118 Å². The van der Waals surface area contributed by atoms with E-state index >= 15 is 0 Å². The van der Waals surface area contributed by atoms with Crippen LogP contribution in [-0.2, 0) is 16.0 Å². The number of carbonyl (C=O) groups excluding carboxylic acids is 2. The minimum Gasteiger partial charge on any atom is -0.497 e. The van der Waals surface area contributed by atoms with E-state index in [1.54, 1.807) is 7.11 Å². The van der Waals surface area contributed by atoms with Crippen molar-refractivity contribution in [1.29, 1.82) is 0 Å². The van der Waals surface area contributed by atoms with Crippen molar-refractivity contribution in [2.75, 3.05) is 26.7 Å². The lowest BCUT2D eigenvalue weighted by molar-refractivity contribution is -0.125. The smallest absolute Gasteiger partial charge is 0.239 e. The molecule has 0 saturated carbocycles. The summed E-state index contributed by atoms with van der Waals surface area (Å²) in [5, 5.41) is 5.15. The highest BCUT2D eigenvalue weighted by molar-refractivity contribution is 5.85. The molecule has 0 atom stereocenters. The number of methoxy groups -OCH3 is 1. The maximum atomic E-state index is 11.4. The van der Waals surface area contributed by atoms with Crippen LogP contribution in [0.4, 0.5) is 0 Å². The Morgan fingerprint density at radius 2 is 2.05 bits per heavy atom. The van der Waals surface area contributed by atoms with Gasteiger partial charge >= 0.3 is 0 Å². The van der Waals surface area contributed by atoms with E-state index in [4.69, 9.17) is 10.5 Å². The second-order valence-electron chi connectivity index (χ2n) is 4.29. The number of ether oxygens (including phenoxy) is 1. The first-order valence-electron chi connectivity index (χ1n) is 6.52. The summed E-state index contributed by atoms with van der Waals surface area (Å²) in [5.74, 6) is 0.282. The topological polar surface area (TPSA) is 93.5 Å². The number of hydrogen-bond donors (Lipinski definition) is 3. The molecule has 0 radical (unpaired) electrons. The minimum atomic E-state index is -0.337. The van der Waals surface area contributed by atoms with Crippen LogP contribution in [0.2, 0.25) is 0 Å². The molecule has 0 bridgehead atoms. The van der Waals surface area contributed by atoms with Gasteiger partial charge in [0.15, 0.2) is 0 Å². The molecule has 4 N–H and O–H groups in total. The van der Waals surface area contributed by atoms with E-state index < -0.39 is 0 Å². The normalized spacial score (nSPS) is 9.90. The van der Waals surface area contributed by atoms with Crippen molar-refractivity contribution in [3.05, 3.63) is 29.8 Å². The molecule has 0 spiro atoms. The molecule has 0 heterocycles. The van der Waals surface area contributed by atoms with Gasteiger partial charge in [0.25, 0.3) is 0 Å². The third-order valence-electron chi connectivity index (χ3n) is 2.73. The molecule has 110 valence electrons. The predicted octanol–water partition coefficient (Wildman–Crippen LogP) is -0.181. The number of amides is 2. The Bertz CT molecular complexity index is 449. The van der Waals surface area contributed by atoms with Crippen molar-refractivity contribution < 1.29 is 14.3 Å². The second kappa shape index (κ2) is 8.92. The van der Waals surface area contributed by atoms with Crippen LogP contribution in [0.25, 0.3) is 0 Å². The van der Waals surface area contributed by atoms with E-state index in [2.05, 4.69) is 10.6 Å². The van der Waals surface area contributed by atoms with Gasteiger partial charge < -0.3 is 21.1 Å². The maximum Gasteiger partial charge on any atom is 0.239 e. The summed E-state index contributed by atoms with van der Waals surface area (Å²) in [6.45, 7) is 0.423. The Balaban J connectivity index is 2.17. The Kier molecular flexibility index (Phi) is 7.13. The fourth-order valence-electron chi connectivity index (χ4n) is 1.66. The quantitative estimate of drug-likeness (QED) is 0.575. The second-order valence-corrected chi connectivity index (χ2v) is 4.29. The van der Waals surface area contributed by atoms with Crippen LogP contribution in [0.15, 0.2) is 24.3 Å². The van der Waals surface area contributed by atoms with E-state index in [0.717, 1.165) is 24.2 Å². The highest BCUT2D eigenvalue weighted by atomic mass is 16.5. The molecule has 0 aliphatic rings. The molecule has 0 fully saturated rings. The van der Waals surface area contributed by atoms with E-state index in [9.17, 15) is 9.59 Å². The van der Waals surface area contributed by atoms with Crippen LogP contribution in [0.3, 0.4) is 0 Å². The number of aryl methyl sites for hydroxylation is 1. The SMILES string of the molecule is COc1cccc(CCCNC(=O)CNC(=O)CN)c1. The van der Waals surface area contributed by atoms with Crippen LogP contribution in [0, 0.1) is 0 Å². The summed E-state index contributed by atoms with van der Waals surface area (Å²) in [6.07, 6.45) is 1.68. The van der Waals surface area contributed by atoms with E-state index in [1.807, 2.05) is 24.3 Å². The van der Waals surface area contributed by atoms with Gasteiger partial charge in [0, 0.05) is 6.54 Å².